The van der Waals surface area contributed by atoms with Crippen LogP contribution in [0.15, 0.2) is 61.3 Å². The zero-order chi connectivity index (χ0) is 30.9. The van der Waals surface area contributed by atoms with Crippen LogP contribution in [0.5, 0.6) is 5.75 Å². The van der Waals surface area contributed by atoms with Gasteiger partial charge in [-0.15, -0.1) is 0 Å². The molecule has 0 unspecified atom stereocenters. The number of hydrogen-bond acceptors (Lipinski definition) is 10. The van der Waals surface area contributed by atoms with Crippen LogP contribution < -0.4 is 25.2 Å². The third-order valence-corrected chi connectivity index (χ3v) is 7.40. The number of ether oxygens (including phenoxy) is 2. The van der Waals surface area contributed by atoms with Gasteiger partial charge in [0.05, 0.1) is 30.3 Å². The van der Waals surface area contributed by atoms with Gasteiger partial charge in [0.25, 0.3) is 0 Å². The van der Waals surface area contributed by atoms with E-state index in [-0.39, 0.29) is 29.4 Å². The summed E-state index contributed by atoms with van der Waals surface area (Å²) < 4.78 is 11.2. The van der Waals surface area contributed by atoms with Crippen LogP contribution in [-0.2, 0) is 9.53 Å². The van der Waals surface area contributed by atoms with Gasteiger partial charge in [-0.25, -0.2) is 9.97 Å². The molecule has 1 aliphatic heterocycles. The van der Waals surface area contributed by atoms with Crippen molar-refractivity contribution in [2.75, 3.05) is 82.0 Å². The Hall–Kier alpha value is -4.48. The van der Waals surface area contributed by atoms with E-state index in [2.05, 4.69) is 37.0 Å². The molecule has 11 nitrogen and oxygen atoms in total. The minimum atomic E-state index is -0.341. The number of amides is 1. The molecule has 4 rings (SSSR count). The summed E-state index contributed by atoms with van der Waals surface area (Å²) >= 11 is 0. The lowest BCUT2D eigenvalue weighted by Gasteiger charge is -2.33. The average Bonchev–Trinajstić information content (AvgIpc) is 3.03. The molecule has 1 fully saturated rings. The third kappa shape index (κ3) is 8.08. The van der Waals surface area contributed by atoms with Gasteiger partial charge in [-0.05, 0) is 69.4 Å². The van der Waals surface area contributed by atoms with Crippen LogP contribution in [0.3, 0.4) is 0 Å². The number of benzene rings is 2. The Morgan fingerprint density at radius 3 is 2.53 bits per heavy atom. The number of likely N-dealkylation sites (N-methyl/N-ethyl adjacent to an activating group) is 2. The molecule has 0 aliphatic carbocycles. The number of hydrogen-bond donors (Lipinski definition) is 2. The van der Waals surface area contributed by atoms with Crippen molar-refractivity contribution in [1.82, 2.24) is 14.9 Å². The zero-order valence-electron chi connectivity index (χ0n) is 25.6. The first-order valence-corrected chi connectivity index (χ1v) is 14.3. The third-order valence-electron chi connectivity index (χ3n) is 7.40. The Bertz CT molecular complexity index is 1430. The summed E-state index contributed by atoms with van der Waals surface area (Å²) in [6.07, 6.45) is 5.09. The van der Waals surface area contributed by atoms with E-state index in [1.54, 1.807) is 26.4 Å². The van der Waals surface area contributed by atoms with E-state index in [0.29, 0.717) is 22.7 Å². The molecular formula is C32H41N7O4. The van der Waals surface area contributed by atoms with Crippen LogP contribution in [-0.4, -0.2) is 94.2 Å². The van der Waals surface area contributed by atoms with Crippen molar-refractivity contribution in [3.63, 3.8) is 0 Å². The van der Waals surface area contributed by atoms with Crippen molar-refractivity contribution in [3.8, 4) is 5.75 Å². The first-order chi connectivity index (χ1) is 20.7. The summed E-state index contributed by atoms with van der Waals surface area (Å²) in [5.74, 6) is 0.184. The number of rotatable bonds is 13. The average molecular weight is 588 g/mol. The molecule has 0 bridgehead atoms. The Balaban J connectivity index is 1.56. The molecule has 43 heavy (non-hydrogen) atoms. The van der Waals surface area contributed by atoms with Crippen LogP contribution >= 0.6 is 0 Å². The minimum Gasteiger partial charge on any atom is -0.494 e. The van der Waals surface area contributed by atoms with Gasteiger partial charge in [0.2, 0.25) is 17.6 Å². The normalized spacial score (nSPS) is 14.7. The smallest absolute Gasteiger partial charge is 0.247 e. The predicted octanol–water partition coefficient (Wildman–Crippen LogP) is 4.20. The number of piperidine rings is 1. The molecule has 0 saturated carbocycles. The van der Waals surface area contributed by atoms with Crippen LogP contribution in [0.1, 0.15) is 28.9 Å². The number of methoxy groups -OCH3 is 2. The van der Waals surface area contributed by atoms with Crippen LogP contribution in [0.4, 0.5) is 28.7 Å². The van der Waals surface area contributed by atoms with Crippen molar-refractivity contribution >= 4 is 40.4 Å². The molecule has 0 radical (unpaired) electrons. The maximum Gasteiger partial charge on any atom is 0.247 e. The van der Waals surface area contributed by atoms with E-state index in [1.807, 2.05) is 56.4 Å². The summed E-state index contributed by atoms with van der Waals surface area (Å²) in [5, 5.41) is 6.04. The number of nitrogens with one attached hydrogen (secondary N) is 2. The molecule has 11 heteroatoms. The van der Waals surface area contributed by atoms with Gasteiger partial charge in [0, 0.05) is 63.9 Å². The number of nitrogens with zero attached hydrogens (tertiary/aromatic N) is 5. The second kappa shape index (κ2) is 14.6. The fourth-order valence-corrected chi connectivity index (χ4v) is 4.91. The van der Waals surface area contributed by atoms with Gasteiger partial charge in [0.15, 0.2) is 0 Å². The van der Waals surface area contributed by atoms with Crippen LogP contribution in [0.25, 0.3) is 0 Å². The molecule has 1 atom stereocenters. The zero-order valence-corrected chi connectivity index (χ0v) is 25.6. The first kappa shape index (κ1) is 31.5. The first-order valence-electron chi connectivity index (χ1n) is 14.3. The standard InChI is InChI=1S/C32H41N7O4/c1-7-30(40)34-26-19-27(29(43-6)20-28(26)38(4)18-17-37(2)3)36-32-33-15-14-25(35-32)31(41)22-10-12-23(13-11-22)39-16-8-9-24(21-39)42-5/h7,10-15,19-20,24H,1,8-9,16-18,21H2,2-6H3,(H,34,40)(H,33,35,36)/t24-/m0/s1. The maximum atomic E-state index is 13.4. The van der Waals surface area contributed by atoms with Gasteiger partial charge in [-0.2, -0.15) is 0 Å². The van der Waals surface area contributed by atoms with E-state index >= 15 is 0 Å². The summed E-state index contributed by atoms with van der Waals surface area (Å²) in [7, 11) is 9.27. The van der Waals surface area contributed by atoms with Crippen LogP contribution in [0.2, 0.25) is 0 Å². The van der Waals surface area contributed by atoms with E-state index in [4.69, 9.17) is 9.47 Å². The lowest BCUT2D eigenvalue weighted by atomic mass is 10.0. The summed E-state index contributed by atoms with van der Waals surface area (Å²) in [6.45, 7) is 6.90. The van der Waals surface area contributed by atoms with Crippen molar-refractivity contribution in [3.05, 3.63) is 72.6 Å². The lowest BCUT2D eigenvalue weighted by molar-refractivity contribution is -0.111. The fourth-order valence-electron chi connectivity index (χ4n) is 4.91. The molecule has 1 aromatic heterocycles. The summed E-state index contributed by atoms with van der Waals surface area (Å²) in [6, 6.07) is 12.8. The number of aromatic nitrogens is 2. The van der Waals surface area contributed by atoms with Gasteiger partial charge >= 0.3 is 0 Å². The Morgan fingerprint density at radius 1 is 1.09 bits per heavy atom. The maximum absolute atomic E-state index is 13.4. The van der Waals surface area contributed by atoms with E-state index in [0.717, 1.165) is 50.4 Å². The molecular weight excluding hydrogens is 546 g/mol. The molecule has 2 N–H and O–H groups in total. The van der Waals surface area contributed by atoms with Crippen molar-refractivity contribution < 1.29 is 19.1 Å². The second-order valence-corrected chi connectivity index (χ2v) is 10.7. The summed E-state index contributed by atoms with van der Waals surface area (Å²) in [5.41, 5.74) is 3.71. The molecule has 1 aliphatic rings. The van der Waals surface area contributed by atoms with E-state index in [1.165, 1.54) is 12.3 Å². The number of carbonyl (C=O) groups excluding carboxylic acids is 2. The largest absolute Gasteiger partial charge is 0.494 e. The molecule has 2 heterocycles. The van der Waals surface area contributed by atoms with E-state index < -0.39 is 0 Å². The van der Waals surface area contributed by atoms with Gasteiger partial charge < -0.3 is 34.8 Å². The highest BCUT2D eigenvalue weighted by Crippen LogP contribution is 2.38. The van der Waals surface area contributed by atoms with Gasteiger partial charge in [-0.3, -0.25) is 9.59 Å². The van der Waals surface area contributed by atoms with Gasteiger partial charge in [0.1, 0.15) is 11.4 Å². The predicted molar refractivity (Wildman–Crippen MR) is 171 cm³/mol. The van der Waals surface area contributed by atoms with Crippen molar-refractivity contribution in [2.24, 2.45) is 0 Å². The lowest BCUT2D eigenvalue weighted by Crippen LogP contribution is -2.39. The highest BCUT2D eigenvalue weighted by Gasteiger charge is 2.21. The molecule has 0 spiro atoms. The Morgan fingerprint density at radius 2 is 1.86 bits per heavy atom. The molecule has 3 aromatic rings. The Labute approximate surface area is 253 Å². The topological polar surface area (TPSA) is 112 Å². The quantitative estimate of drug-likeness (QED) is 0.223. The van der Waals surface area contributed by atoms with Crippen molar-refractivity contribution in [2.45, 2.75) is 18.9 Å². The number of anilines is 5. The molecule has 1 amide bonds. The number of carbonyl (C=O) groups is 2. The van der Waals surface area contributed by atoms with E-state index in [9.17, 15) is 9.59 Å². The Kier molecular flexibility index (Phi) is 10.7. The highest BCUT2D eigenvalue weighted by molar-refractivity contribution is 6.08. The molecule has 1 saturated heterocycles. The number of ketones is 1. The second-order valence-electron chi connectivity index (χ2n) is 10.7. The van der Waals surface area contributed by atoms with Crippen LogP contribution in [0, 0.1) is 0 Å². The highest BCUT2D eigenvalue weighted by atomic mass is 16.5. The minimum absolute atomic E-state index is 0.214. The fraction of sp³-hybridized carbons (Fsp3) is 0.375. The summed E-state index contributed by atoms with van der Waals surface area (Å²) in [4.78, 5) is 40.8. The van der Waals surface area contributed by atoms with Gasteiger partial charge in [-0.1, -0.05) is 6.58 Å². The monoisotopic (exact) mass is 587 g/mol. The SMILES string of the molecule is C=CC(=O)Nc1cc(Nc2nccc(C(=O)c3ccc(N4CCC[C@H](OC)C4)cc3)n2)c(OC)cc1N(C)CCN(C)C. The molecule has 228 valence electrons. The van der Waals surface area contributed by atoms with Crippen molar-refractivity contribution in [1.29, 1.82) is 0 Å². The molecule has 2 aromatic carbocycles.